The third-order valence-corrected chi connectivity index (χ3v) is 5.71. The van der Waals surface area contributed by atoms with Crippen LogP contribution in [0, 0.1) is 13.8 Å². The molecule has 2 fully saturated rings. The number of rotatable bonds is 4. The molecule has 1 aromatic carbocycles. The number of thiocarbonyl (C=S) groups is 1. The van der Waals surface area contributed by atoms with Crippen LogP contribution in [0.4, 0.5) is 0 Å². The number of hydrogen-bond acceptors (Lipinski definition) is 5. The van der Waals surface area contributed by atoms with Gasteiger partial charge in [0.25, 0.3) is 5.91 Å². The number of carbonyl (C=O) groups is 1. The van der Waals surface area contributed by atoms with Crippen molar-refractivity contribution in [2.45, 2.75) is 13.8 Å². The van der Waals surface area contributed by atoms with Crippen LogP contribution in [0.3, 0.4) is 0 Å². The van der Waals surface area contributed by atoms with E-state index >= 15 is 0 Å². The van der Waals surface area contributed by atoms with Crippen LogP contribution >= 0.6 is 24.0 Å². The number of aryl methyl sites for hydroxylation is 2. The molecule has 0 saturated carbocycles. The van der Waals surface area contributed by atoms with Crippen molar-refractivity contribution in [2.75, 3.05) is 39.4 Å². The molecule has 0 atom stereocenters. The molecule has 0 aliphatic carbocycles. The first kappa shape index (κ1) is 17.6. The molecule has 2 aliphatic heterocycles. The van der Waals surface area contributed by atoms with Gasteiger partial charge in [-0.05, 0) is 31.1 Å². The van der Waals surface area contributed by atoms with E-state index in [0.29, 0.717) is 15.8 Å². The fourth-order valence-electron chi connectivity index (χ4n) is 2.89. The zero-order chi connectivity index (χ0) is 17.1. The number of thioether (sulfide) groups is 1. The monoisotopic (exact) mass is 362 g/mol. The first-order valence-corrected chi connectivity index (χ1v) is 9.40. The van der Waals surface area contributed by atoms with Gasteiger partial charge in [0.1, 0.15) is 4.32 Å². The maximum absolute atomic E-state index is 12.7. The van der Waals surface area contributed by atoms with Crippen LogP contribution in [0.2, 0.25) is 0 Å². The van der Waals surface area contributed by atoms with E-state index in [0.717, 1.165) is 38.4 Å². The number of morpholine rings is 1. The van der Waals surface area contributed by atoms with Crippen LogP contribution in [0.1, 0.15) is 16.7 Å². The molecule has 2 aliphatic rings. The molecule has 0 N–H and O–H groups in total. The van der Waals surface area contributed by atoms with Crippen molar-refractivity contribution in [3.05, 3.63) is 39.8 Å². The minimum Gasteiger partial charge on any atom is -0.379 e. The van der Waals surface area contributed by atoms with E-state index in [-0.39, 0.29) is 5.91 Å². The van der Waals surface area contributed by atoms with Crippen LogP contribution in [-0.2, 0) is 9.53 Å². The molecule has 24 heavy (non-hydrogen) atoms. The third-order valence-electron chi connectivity index (χ3n) is 4.33. The predicted molar refractivity (Wildman–Crippen MR) is 103 cm³/mol. The van der Waals surface area contributed by atoms with Gasteiger partial charge >= 0.3 is 0 Å². The van der Waals surface area contributed by atoms with Gasteiger partial charge in [-0.2, -0.15) is 0 Å². The summed E-state index contributed by atoms with van der Waals surface area (Å²) in [6, 6.07) is 6.26. The second-order valence-electron chi connectivity index (χ2n) is 6.15. The largest absolute Gasteiger partial charge is 0.379 e. The van der Waals surface area contributed by atoms with Gasteiger partial charge in [0.15, 0.2) is 0 Å². The van der Waals surface area contributed by atoms with Gasteiger partial charge in [0.05, 0.1) is 18.1 Å². The molecule has 6 heteroatoms. The van der Waals surface area contributed by atoms with Crippen molar-refractivity contribution in [1.82, 2.24) is 9.80 Å². The zero-order valence-corrected chi connectivity index (χ0v) is 15.7. The molecule has 1 amide bonds. The Morgan fingerprint density at radius 3 is 2.71 bits per heavy atom. The van der Waals surface area contributed by atoms with E-state index in [2.05, 4.69) is 36.9 Å². The van der Waals surface area contributed by atoms with Crippen molar-refractivity contribution in [1.29, 1.82) is 0 Å². The molecular formula is C18H22N2O2S2. The van der Waals surface area contributed by atoms with Gasteiger partial charge in [-0.1, -0.05) is 47.7 Å². The third kappa shape index (κ3) is 4.06. The Labute approximate surface area is 152 Å². The Morgan fingerprint density at radius 1 is 1.25 bits per heavy atom. The quantitative estimate of drug-likeness (QED) is 0.608. The minimum atomic E-state index is 0.0261. The average Bonchev–Trinajstić information content (AvgIpc) is 2.83. The summed E-state index contributed by atoms with van der Waals surface area (Å²) in [4.78, 5) is 17.4. The summed E-state index contributed by atoms with van der Waals surface area (Å²) in [5, 5.41) is 0. The Morgan fingerprint density at radius 2 is 2.00 bits per heavy atom. The number of nitrogens with zero attached hydrogens (tertiary/aromatic N) is 2. The molecule has 128 valence electrons. The number of benzene rings is 1. The standard InChI is InChI=1S/C18H22N2O2S2/c1-13-3-4-15(14(2)11-13)12-16-17(21)20(18(23)24-16)6-5-19-7-9-22-10-8-19/h3-4,11-12H,5-10H2,1-2H3. The van der Waals surface area contributed by atoms with Crippen molar-refractivity contribution in [3.63, 3.8) is 0 Å². The molecular weight excluding hydrogens is 340 g/mol. The number of hydrogen-bond donors (Lipinski definition) is 0. The zero-order valence-electron chi connectivity index (χ0n) is 14.1. The van der Waals surface area contributed by atoms with Crippen LogP contribution in [-0.4, -0.2) is 59.4 Å². The normalized spacial score (nSPS) is 21.1. The number of carbonyl (C=O) groups excluding carboxylic acids is 1. The van der Waals surface area contributed by atoms with Gasteiger partial charge in [0, 0.05) is 26.2 Å². The average molecular weight is 363 g/mol. The highest BCUT2D eigenvalue weighted by Gasteiger charge is 2.32. The minimum absolute atomic E-state index is 0.0261. The highest BCUT2D eigenvalue weighted by Crippen LogP contribution is 2.33. The molecule has 0 radical (unpaired) electrons. The molecule has 1 aromatic rings. The molecule has 2 saturated heterocycles. The molecule has 3 rings (SSSR count). The lowest BCUT2D eigenvalue weighted by Gasteiger charge is -2.28. The molecule has 0 bridgehead atoms. The molecule has 0 unspecified atom stereocenters. The smallest absolute Gasteiger partial charge is 0.266 e. The fourth-order valence-corrected chi connectivity index (χ4v) is 4.19. The van der Waals surface area contributed by atoms with Crippen molar-refractivity contribution in [3.8, 4) is 0 Å². The van der Waals surface area contributed by atoms with E-state index in [1.807, 2.05) is 6.08 Å². The molecule has 0 aromatic heterocycles. The Balaban J connectivity index is 1.67. The Kier molecular flexibility index (Phi) is 5.71. The molecule has 4 nitrogen and oxygen atoms in total. The van der Waals surface area contributed by atoms with Gasteiger partial charge in [0.2, 0.25) is 0 Å². The van der Waals surface area contributed by atoms with Crippen molar-refractivity contribution in [2.24, 2.45) is 0 Å². The van der Waals surface area contributed by atoms with Crippen LogP contribution in [0.15, 0.2) is 23.1 Å². The summed E-state index contributed by atoms with van der Waals surface area (Å²) in [5.41, 5.74) is 3.48. The van der Waals surface area contributed by atoms with E-state index in [4.69, 9.17) is 17.0 Å². The first-order valence-electron chi connectivity index (χ1n) is 8.17. The summed E-state index contributed by atoms with van der Waals surface area (Å²) >= 11 is 6.82. The topological polar surface area (TPSA) is 32.8 Å². The summed E-state index contributed by atoms with van der Waals surface area (Å²) in [6.45, 7) is 9.01. The van der Waals surface area contributed by atoms with Gasteiger partial charge in [-0.25, -0.2) is 0 Å². The van der Waals surface area contributed by atoms with E-state index in [1.54, 1.807) is 4.90 Å². The first-order chi connectivity index (χ1) is 11.5. The highest BCUT2D eigenvalue weighted by atomic mass is 32.2. The number of ether oxygens (including phenoxy) is 1. The van der Waals surface area contributed by atoms with E-state index < -0.39 is 0 Å². The maximum Gasteiger partial charge on any atom is 0.266 e. The van der Waals surface area contributed by atoms with Crippen molar-refractivity contribution >= 4 is 40.3 Å². The maximum atomic E-state index is 12.7. The van der Waals surface area contributed by atoms with Crippen molar-refractivity contribution < 1.29 is 9.53 Å². The molecule has 0 spiro atoms. The highest BCUT2D eigenvalue weighted by molar-refractivity contribution is 8.26. The lowest BCUT2D eigenvalue weighted by Crippen LogP contribution is -2.42. The molecule has 2 heterocycles. The SMILES string of the molecule is Cc1ccc(C=C2SC(=S)N(CCN3CCOCC3)C2=O)c(C)c1. The van der Waals surface area contributed by atoms with Crippen LogP contribution in [0.25, 0.3) is 6.08 Å². The Hall–Kier alpha value is -1.21. The predicted octanol–water partition coefficient (Wildman–Crippen LogP) is 2.84. The van der Waals surface area contributed by atoms with E-state index in [1.165, 1.54) is 22.9 Å². The lowest BCUT2D eigenvalue weighted by molar-refractivity contribution is -0.122. The van der Waals surface area contributed by atoms with Gasteiger partial charge < -0.3 is 4.74 Å². The fraction of sp³-hybridized carbons (Fsp3) is 0.444. The second kappa shape index (κ2) is 7.78. The summed E-state index contributed by atoms with van der Waals surface area (Å²) in [6.07, 6.45) is 1.96. The van der Waals surface area contributed by atoms with Gasteiger partial charge in [-0.15, -0.1) is 0 Å². The van der Waals surface area contributed by atoms with Crippen LogP contribution in [0.5, 0.6) is 0 Å². The van der Waals surface area contributed by atoms with Crippen LogP contribution < -0.4 is 0 Å². The second-order valence-corrected chi connectivity index (χ2v) is 7.82. The van der Waals surface area contributed by atoms with E-state index in [9.17, 15) is 4.79 Å². The summed E-state index contributed by atoms with van der Waals surface area (Å²) < 4.78 is 6.01. The number of amides is 1. The Bertz CT molecular complexity index is 682. The summed E-state index contributed by atoms with van der Waals surface area (Å²) in [5.74, 6) is 0.0261. The van der Waals surface area contributed by atoms with Gasteiger partial charge in [-0.3, -0.25) is 14.6 Å². The lowest BCUT2D eigenvalue weighted by atomic mass is 10.1. The summed E-state index contributed by atoms with van der Waals surface area (Å²) in [7, 11) is 0.